The van der Waals surface area contributed by atoms with Crippen LogP contribution in [0.15, 0.2) is 53.4 Å². The van der Waals surface area contributed by atoms with Crippen LogP contribution in [0, 0.1) is 0 Å². The van der Waals surface area contributed by atoms with Gasteiger partial charge in [0.25, 0.3) is 0 Å². The fraction of sp³-hybridized carbons (Fsp3) is 0.333. The third-order valence-electron chi connectivity index (χ3n) is 3.91. The maximum atomic E-state index is 11.9. The van der Waals surface area contributed by atoms with E-state index in [0.717, 1.165) is 11.3 Å². The number of nitrogens with one attached hydrogen (secondary N) is 2. The number of hydrogen-bond donors (Lipinski definition) is 3. The lowest BCUT2D eigenvalue weighted by Gasteiger charge is -2.17. The molecule has 2 amide bonds. The Labute approximate surface area is 145 Å². The summed E-state index contributed by atoms with van der Waals surface area (Å²) in [6.45, 7) is 2.33. The van der Waals surface area contributed by atoms with E-state index in [1.807, 2.05) is 41.9 Å². The third kappa shape index (κ3) is 4.60. The molecule has 2 atom stereocenters. The molecule has 3 N–H and O–H groups in total. The molecule has 3 aromatic rings. The van der Waals surface area contributed by atoms with E-state index in [1.54, 1.807) is 12.1 Å². The van der Waals surface area contributed by atoms with Crippen molar-refractivity contribution in [2.45, 2.75) is 31.9 Å². The first kappa shape index (κ1) is 17.0. The van der Waals surface area contributed by atoms with Gasteiger partial charge in [-0.25, -0.2) is 9.78 Å². The molecule has 3 aromatic heterocycles. The summed E-state index contributed by atoms with van der Waals surface area (Å²) in [5.74, 6) is 0.501. The van der Waals surface area contributed by atoms with Gasteiger partial charge >= 0.3 is 6.03 Å². The van der Waals surface area contributed by atoms with Gasteiger partial charge in [0.1, 0.15) is 17.5 Å². The molecule has 0 spiro atoms. The van der Waals surface area contributed by atoms with E-state index in [-0.39, 0.29) is 12.1 Å². The molecule has 0 saturated heterocycles. The number of imidazole rings is 1. The van der Waals surface area contributed by atoms with Gasteiger partial charge in [0.05, 0.1) is 12.0 Å². The molecule has 25 heavy (non-hydrogen) atoms. The Morgan fingerprint density at radius 3 is 3.00 bits per heavy atom. The predicted octanol–water partition coefficient (Wildman–Crippen LogP) is 2.28. The number of fused-ring (bicyclic) bond motifs is 1. The fourth-order valence-corrected chi connectivity index (χ4v) is 2.68. The molecule has 132 valence electrons. The van der Waals surface area contributed by atoms with E-state index in [9.17, 15) is 9.90 Å². The van der Waals surface area contributed by atoms with Crippen LogP contribution in [0.5, 0.6) is 0 Å². The summed E-state index contributed by atoms with van der Waals surface area (Å²) in [6, 6.07) is 8.82. The Kier molecular flexibility index (Phi) is 5.35. The molecule has 0 saturated carbocycles. The minimum Gasteiger partial charge on any atom is -0.467 e. The molecule has 0 radical (unpaired) electrons. The van der Waals surface area contributed by atoms with Gasteiger partial charge in [-0.2, -0.15) is 0 Å². The summed E-state index contributed by atoms with van der Waals surface area (Å²) in [4.78, 5) is 16.4. The zero-order valence-electron chi connectivity index (χ0n) is 14.1. The molecule has 0 aliphatic rings. The number of aromatic nitrogens is 2. The first-order valence-corrected chi connectivity index (χ1v) is 8.30. The highest BCUT2D eigenvalue weighted by Gasteiger charge is 2.16. The van der Waals surface area contributed by atoms with Gasteiger partial charge in [-0.15, -0.1) is 0 Å². The number of aliphatic hydroxyl groups excluding tert-OH is 1. The molecule has 0 aliphatic heterocycles. The van der Waals surface area contributed by atoms with Crippen molar-refractivity contribution >= 4 is 11.7 Å². The van der Waals surface area contributed by atoms with Crippen LogP contribution in [0.3, 0.4) is 0 Å². The SMILES string of the molecule is C[C@H](C[C@H](O)c1ccco1)NC(=O)NCCc1cn2ccccc2n1. The highest BCUT2D eigenvalue weighted by Crippen LogP contribution is 2.18. The number of rotatable bonds is 7. The van der Waals surface area contributed by atoms with Crippen molar-refractivity contribution in [3.05, 3.63) is 60.4 Å². The molecule has 3 rings (SSSR count). The summed E-state index contributed by atoms with van der Waals surface area (Å²) in [6.07, 6.45) is 5.72. The Balaban J connectivity index is 1.40. The number of carbonyl (C=O) groups is 1. The fourth-order valence-electron chi connectivity index (χ4n) is 2.68. The van der Waals surface area contributed by atoms with Crippen molar-refractivity contribution in [2.75, 3.05) is 6.54 Å². The van der Waals surface area contributed by atoms with E-state index in [0.29, 0.717) is 25.1 Å². The average molecular weight is 342 g/mol. The maximum Gasteiger partial charge on any atom is 0.315 e. The lowest BCUT2D eigenvalue weighted by atomic mass is 10.1. The Morgan fingerprint density at radius 2 is 2.24 bits per heavy atom. The number of furan rings is 1. The van der Waals surface area contributed by atoms with Crippen LogP contribution in [-0.2, 0) is 6.42 Å². The van der Waals surface area contributed by atoms with E-state index < -0.39 is 6.10 Å². The van der Waals surface area contributed by atoms with Crippen LogP contribution < -0.4 is 10.6 Å². The zero-order valence-corrected chi connectivity index (χ0v) is 14.1. The van der Waals surface area contributed by atoms with Gasteiger partial charge in [-0.3, -0.25) is 0 Å². The van der Waals surface area contributed by atoms with Crippen LogP contribution in [0.4, 0.5) is 4.79 Å². The summed E-state index contributed by atoms with van der Waals surface area (Å²) >= 11 is 0. The maximum absolute atomic E-state index is 11.9. The number of amides is 2. The van der Waals surface area contributed by atoms with Gasteiger partial charge in [0.2, 0.25) is 0 Å². The van der Waals surface area contributed by atoms with Crippen molar-refractivity contribution in [1.29, 1.82) is 0 Å². The van der Waals surface area contributed by atoms with E-state index in [4.69, 9.17) is 4.42 Å². The van der Waals surface area contributed by atoms with E-state index in [2.05, 4.69) is 15.6 Å². The van der Waals surface area contributed by atoms with Gasteiger partial charge in [-0.05, 0) is 31.2 Å². The van der Waals surface area contributed by atoms with Gasteiger partial charge < -0.3 is 24.6 Å². The van der Waals surface area contributed by atoms with Crippen LogP contribution in [0.1, 0.15) is 30.9 Å². The number of nitrogens with zero attached hydrogens (tertiary/aromatic N) is 2. The first-order valence-electron chi connectivity index (χ1n) is 8.30. The number of aliphatic hydroxyl groups is 1. The Morgan fingerprint density at radius 1 is 1.36 bits per heavy atom. The largest absolute Gasteiger partial charge is 0.467 e. The lowest BCUT2D eigenvalue weighted by Crippen LogP contribution is -2.42. The topological polar surface area (TPSA) is 91.8 Å². The number of pyridine rings is 1. The van der Waals surface area contributed by atoms with Crippen molar-refractivity contribution in [1.82, 2.24) is 20.0 Å². The minimum atomic E-state index is -0.733. The molecule has 0 aromatic carbocycles. The van der Waals surface area contributed by atoms with Crippen molar-refractivity contribution < 1.29 is 14.3 Å². The Bertz CT molecular complexity index is 780. The van der Waals surface area contributed by atoms with Crippen LogP contribution in [0.2, 0.25) is 0 Å². The second kappa shape index (κ2) is 7.85. The average Bonchev–Trinajstić information content (AvgIpc) is 3.24. The summed E-state index contributed by atoms with van der Waals surface area (Å²) in [5.41, 5.74) is 1.82. The van der Waals surface area contributed by atoms with E-state index in [1.165, 1.54) is 6.26 Å². The molecule has 7 nitrogen and oxygen atoms in total. The van der Waals surface area contributed by atoms with Crippen LogP contribution in [-0.4, -0.2) is 33.1 Å². The standard InChI is InChI=1S/C18H22N4O3/c1-13(11-15(23)16-5-4-10-25-16)20-18(24)19-8-7-14-12-22-9-3-2-6-17(22)21-14/h2-6,9-10,12-13,15,23H,7-8,11H2,1H3,(H2,19,20,24)/t13-,15+/m1/s1. The molecule has 0 bridgehead atoms. The lowest BCUT2D eigenvalue weighted by molar-refractivity contribution is 0.129. The molecule has 3 heterocycles. The summed E-state index contributed by atoms with van der Waals surface area (Å²) in [7, 11) is 0. The summed E-state index contributed by atoms with van der Waals surface area (Å²) < 4.78 is 7.10. The third-order valence-corrected chi connectivity index (χ3v) is 3.91. The zero-order chi connectivity index (χ0) is 17.6. The van der Waals surface area contributed by atoms with Crippen LogP contribution in [0.25, 0.3) is 5.65 Å². The van der Waals surface area contributed by atoms with E-state index >= 15 is 0 Å². The number of hydrogen-bond acceptors (Lipinski definition) is 4. The van der Waals surface area contributed by atoms with Crippen LogP contribution >= 0.6 is 0 Å². The summed E-state index contributed by atoms with van der Waals surface area (Å²) in [5, 5.41) is 15.6. The molecule has 0 fully saturated rings. The molecular weight excluding hydrogens is 320 g/mol. The molecular formula is C18H22N4O3. The van der Waals surface area contributed by atoms with Crippen molar-refractivity contribution in [3.63, 3.8) is 0 Å². The van der Waals surface area contributed by atoms with Gasteiger partial charge in [0.15, 0.2) is 0 Å². The highest BCUT2D eigenvalue weighted by atomic mass is 16.4. The first-order chi connectivity index (χ1) is 12.1. The van der Waals surface area contributed by atoms with Gasteiger partial charge in [0, 0.05) is 37.8 Å². The number of carbonyl (C=O) groups excluding carboxylic acids is 1. The number of urea groups is 1. The van der Waals surface area contributed by atoms with Gasteiger partial charge in [-0.1, -0.05) is 6.07 Å². The predicted molar refractivity (Wildman–Crippen MR) is 93.2 cm³/mol. The monoisotopic (exact) mass is 342 g/mol. The second-order valence-electron chi connectivity index (χ2n) is 6.02. The second-order valence-corrected chi connectivity index (χ2v) is 6.02. The van der Waals surface area contributed by atoms with Crippen molar-refractivity contribution in [2.24, 2.45) is 0 Å². The van der Waals surface area contributed by atoms with Crippen molar-refractivity contribution in [3.8, 4) is 0 Å². The normalized spacial score (nSPS) is 13.5. The molecule has 7 heteroatoms. The minimum absolute atomic E-state index is 0.185. The molecule has 0 unspecified atom stereocenters. The quantitative estimate of drug-likeness (QED) is 0.614. The highest BCUT2D eigenvalue weighted by molar-refractivity contribution is 5.74. The Hall–Kier alpha value is -2.80. The smallest absolute Gasteiger partial charge is 0.315 e. The molecule has 0 aliphatic carbocycles.